The van der Waals surface area contributed by atoms with Crippen LogP contribution < -0.4 is 10.6 Å². The zero-order valence-electron chi connectivity index (χ0n) is 22.5. The van der Waals surface area contributed by atoms with Crippen molar-refractivity contribution in [3.05, 3.63) is 46.9 Å². The van der Waals surface area contributed by atoms with Crippen LogP contribution in [0.3, 0.4) is 0 Å². The van der Waals surface area contributed by atoms with Crippen molar-refractivity contribution in [3.8, 4) is 0 Å². The second-order valence-electron chi connectivity index (χ2n) is 9.85. The van der Waals surface area contributed by atoms with Crippen LogP contribution in [0.25, 0.3) is 0 Å². The van der Waals surface area contributed by atoms with Crippen LogP contribution in [0.4, 0.5) is 14.6 Å². The highest BCUT2D eigenvalue weighted by molar-refractivity contribution is 5.96. The number of pyridine rings is 1. The summed E-state index contributed by atoms with van der Waals surface area (Å²) < 4.78 is 32.2. The number of carboxylic acid groups (broad SMARTS) is 1. The highest BCUT2D eigenvalue weighted by Crippen LogP contribution is 2.21. The third-order valence-electron chi connectivity index (χ3n) is 6.51. The Morgan fingerprint density at radius 2 is 2.00 bits per heavy atom. The third-order valence-corrected chi connectivity index (χ3v) is 6.51. The quantitative estimate of drug-likeness (QED) is 0.270. The van der Waals surface area contributed by atoms with E-state index in [9.17, 15) is 23.5 Å². The molecule has 1 aliphatic heterocycles. The summed E-state index contributed by atoms with van der Waals surface area (Å²) in [4.78, 5) is 31.3. The summed E-state index contributed by atoms with van der Waals surface area (Å²) in [7, 11) is 0. The van der Waals surface area contributed by atoms with E-state index in [1.165, 1.54) is 5.56 Å². The topological polar surface area (TPSA) is 130 Å². The molecule has 214 valence electrons. The number of aromatic nitrogens is 3. The highest BCUT2D eigenvalue weighted by atomic mass is 19.3. The monoisotopic (exact) mass is 548 g/mol. The summed E-state index contributed by atoms with van der Waals surface area (Å²) >= 11 is 0. The largest absolute Gasteiger partial charge is 0.480 e. The number of fused-ring (bicyclic) bond motifs is 1. The number of aryl methyl sites for hydroxylation is 2. The summed E-state index contributed by atoms with van der Waals surface area (Å²) in [5.74, 6) is -1.26. The molecule has 0 saturated carbocycles. The van der Waals surface area contributed by atoms with E-state index in [4.69, 9.17) is 9.72 Å². The molecule has 2 aromatic heterocycles. The van der Waals surface area contributed by atoms with Crippen molar-refractivity contribution in [1.29, 1.82) is 0 Å². The number of amides is 1. The lowest BCUT2D eigenvalue weighted by atomic mass is 10.1. The molecule has 12 heteroatoms. The molecule has 0 radical (unpaired) electrons. The van der Waals surface area contributed by atoms with Crippen LogP contribution in [0.15, 0.2) is 24.4 Å². The molecule has 3 heterocycles. The average molecular weight is 549 g/mol. The Kier molecular flexibility index (Phi) is 11.9. The van der Waals surface area contributed by atoms with Gasteiger partial charge in [-0.2, -0.15) is 5.10 Å². The number of aliphatic carboxylic acids is 1. The number of ether oxygens (including phenoxy) is 1. The lowest BCUT2D eigenvalue weighted by molar-refractivity contribution is -0.139. The number of anilines is 1. The second kappa shape index (κ2) is 15.4. The molecule has 0 aliphatic carbocycles. The number of hydrogen-bond donors (Lipinski definition) is 3. The van der Waals surface area contributed by atoms with Crippen molar-refractivity contribution < 1.29 is 28.2 Å². The standard InChI is InChI=1S/C27H38F2N6O4/c1-18(2)39-17-16-35(14-4-3-7-20-9-8-19-6-5-12-30-25(19)32-20)15-11-22(27(37)38)33-26(36)23-21(24(28)29)10-13-31-34-23/h8-10,13,18,22,24H,3-7,11-12,14-17H2,1-2H3,(H,30,32)(H,33,36)(H,37,38)/t22-/m0/s1. The Morgan fingerprint density at radius 3 is 2.74 bits per heavy atom. The number of hydrogen-bond acceptors (Lipinski definition) is 8. The maximum Gasteiger partial charge on any atom is 0.326 e. The van der Waals surface area contributed by atoms with E-state index < -0.39 is 35.6 Å². The van der Waals surface area contributed by atoms with Crippen molar-refractivity contribution in [3.63, 3.8) is 0 Å². The SMILES string of the molecule is CC(C)OCCN(CCCCc1ccc2c(n1)NCCC2)CC[C@H](NC(=O)c1nnccc1C(F)F)C(=O)O. The summed E-state index contributed by atoms with van der Waals surface area (Å²) in [5.41, 5.74) is 1.13. The zero-order valence-corrected chi connectivity index (χ0v) is 22.5. The molecule has 1 aliphatic rings. The Hall–Kier alpha value is -3.25. The number of unbranched alkanes of at least 4 members (excludes halogenated alkanes) is 1. The normalized spacial score (nSPS) is 13.8. The van der Waals surface area contributed by atoms with Gasteiger partial charge in [-0.3, -0.25) is 4.79 Å². The first kappa shape index (κ1) is 30.3. The van der Waals surface area contributed by atoms with Crippen LogP contribution in [0.5, 0.6) is 0 Å². The van der Waals surface area contributed by atoms with Gasteiger partial charge in [0.15, 0.2) is 5.69 Å². The minimum atomic E-state index is -2.94. The molecule has 0 bridgehead atoms. The molecule has 3 N–H and O–H groups in total. The molecule has 0 fully saturated rings. The number of carbonyl (C=O) groups excluding carboxylic acids is 1. The molecule has 0 spiro atoms. The van der Waals surface area contributed by atoms with Crippen molar-refractivity contribution in [2.45, 2.75) is 70.9 Å². The Morgan fingerprint density at radius 1 is 1.18 bits per heavy atom. The van der Waals surface area contributed by atoms with Crippen molar-refractivity contribution >= 4 is 17.7 Å². The molecule has 1 atom stereocenters. The average Bonchev–Trinajstić information content (AvgIpc) is 2.92. The first-order valence-corrected chi connectivity index (χ1v) is 13.4. The van der Waals surface area contributed by atoms with Gasteiger partial charge in [0.1, 0.15) is 11.9 Å². The maximum atomic E-state index is 13.3. The van der Waals surface area contributed by atoms with E-state index in [1.807, 2.05) is 13.8 Å². The van der Waals surface area contributed by atoms with Crippen molar-refractivity contribution in [2.75, 3.05) is 38.1 Å². The van der Waals surface area contributed by atoms with E-state index in [2.05, 4.69) is 37.9 Å². The molecular weight excluding hydrogens is 510 g/mol. The summed E-state index contributed by atoms with van der Waals surface area (Å²) in [6, 6.07) is 3.95. The van der Waals surface area contributed by atoms with Crippen LogP contribution in [0, 0.1) is 0 Å². The van der Waals surface area contributed by atoms with Gasteiger partial charge in [0.2, 0.25) is 0 Å². The first-order chi connectivity index (χ1) is 18.7. The molecule has 39 heavy (non-hydrogen) atoms. The van der Waals surface area contributed by atoms with Crippen LogP contribution in [-0.4, -0.2) is 82.0 Å². The Balaban J connectivity index is 1.54. The maximum absolute atomic E-state index is 13.3. The van der Waals surface area contributed by atoms with Gasteiger partial charge < -0.3 is 25.4 Å². The summed E-state index contributed by atoms with van der Waals surface area (Å²) in [6.07, 6.45) is 3.06. The Labute approximate surface area is 227 Å². The molecule has 0 saturated heterocycles. The molecule has 10 nitrogen and oxygen atoms in total. The van der Waals surface area contributed by atoms with Crippen LogP contribution >= 0.6 is 0 Å². The molecule has 1 amide bonds. The summed E-state index contributed by atoms with van der Waals surface area (Å²) in [5, 5.41) is 22.3. The van der Waals surface area contributed by atoms with Gasteiger partial charge in [-0.05, 0) is 76.6 Å². The fourth-order valence-electron chi connectivity index (χ4n) is 4.39. The van der Waals surface area contributed by atoms with Crippen LogP contribution in [0.2, 0.25) is 0 Å². The smallest absolute Gasteiger partial charge is 0.326 e. The van der Waals surface area contributed by atoms with E-state index in [0.717, 1.165) is 62.4 Å². The lowest BCUT2D eigenvalue weighted by Crippen LogP contribution is -2.44. The summed E-state index contributed by atoms with van der Waals surface area (Å²) in [6.45, 7) is 7.01. The number of carbonyl (C=O) groups is 2. The molecule has 3 rings (SSSR count). The number of nitrogens with one attached hydrogen (secondary N) is 2. The van der Waals surface area contributed by atoms with Gasteiger partial charge in [0.05, 0.1) is 24.5 Å². The predicted molar refractivity (Wildman–Crippen MR) is 142 cm³/mol. The fraction of sp³-hybridized carbons (Fsp3) is 0.593. The van der Waals surface area contributed by atoms with Gasteiger partial charge in [-0.1, -0.05) is 6.07 Å². The van der Waals surface area contributed by atoms with Gasteiger partial charge >= 0.3 is 5.97 Å². The lowest BCUT2D eigenvalue weighted by Gasteiger charge is -2.25. The number of nitrogens with zero attached hydrogens (tertiary/aromatic N) is 4. The first-order valence-electron chi connectivity index (χ1n) is 13.4. The molecular formula is C27H38F2N6O4. The minimum Gasteiger partial charge on any atom is -0.480 e. The number of rotatable bonds is 16. The molecule has 0 unspecified atom stereocenters. The van der Waals surface area contributed by atoms with Crippen molar-refractivity contribution in [1.82, 2.24) is 25.4 Å². The molecule has 0 aromatic carbocycles. The molecule has 2 aromatic rings. The third kappa shape index (κ3) is 9.77. The van der Waals surface area contributed by atoms with E-state index in [-0.39, 0.29) is 12.5 Å². The predicted octanol–water partition coefficient (Wildman–Crippen LogP) is 3.49. The fourth-order valence-corrected chi connectivity index (χ4v) is 4.39. The van der Waals surface area contributed by atoms with Gasteiger partial charge in [0.25, 0.3) is 12.3 Å². The zero-order chi connectivity index (χ0) is 28.2. The number of carboxylic acids is 1. The van der Waals surface area contributed by atoms with E-state index in [1.54, 1.807) is 0 Å². The van der Waals surface area contributed by atoms with Gasteiger partial charge in [0, 0.05) is 25.3 Å². The van der Waals surface area contributed by atoms with E-state index in [0.29, 0.717) is 26.2 Å². The Bertz CT molecular complexity index is 1090. The van der Waals surface area contributed by atoms with Gasteiger partial charge in [-0.25, -0.2) is 18.6 Å². The number of alkyl halides is 2. The minimum absolute atomic E-state index is 0.0672. The number of halogens is 2. The van der Waals surface area contributed by atoms with E-state index >= 15 is 0 Å². The van der Waals surface area contributed by atoms with Crippen LogP contribution in [-0.2, 0) is 22.4 Å². The second-order valence-corrected chi connectivity index (χ2v) is 9.85. The van der Waals surface area contributed by atoms with Gasteiger partial charge in [-0.15, -0.1) is 5.10 Å². The van der Waals surface area contributed by atoms with Crippen LogP contribution in [0.1, 0.15) is 73.3 Å². The van der Waals surface area contributed by atoms with Crippen molar-refractivity contribution in [2.24, 2.45) is 0 Å². The highest BCUT2D eigenvalue weighted by Gasteiger charge is 2.26.